The number of carbonyl (C=O) groups excluding carboxylic acids is 1. The second-order valence-corrected chi connectivity index (χ2v) is 9.44. The first-order valence-corrected chi connectivity index (χ1v) is 11.9. The van der Waals surface area contributed by atoms with Gasteiger partial charge in [0.1, 0.15) is 0 Å². The molecule has 1 amide bonds. The molecule has 0 spiro atoms. The largest absolute Gasteiger partial charge is 0.336 e. The summed E-state index contributed by atoms with van der Waals surface area (Å²) in [5, 5.41) is 0. The van der Waals surface area contributed by atoms with Crippen LogP contribution >= 0.6 is 0 Å². The summed E-state index contributed by atoms with van der Waals surface area (Å²) in [6.45, 7) is 4.69. The number of carbonyl (C=O) groups is 1. The van der Waals surface area contributed by atoms with Crippen LogP contribution < -0.4 is 4.72 Å². The number of nitrogens with one attached hydrogen (secondary N) is 1. The van der Waals surface area contributed by atoms with Gasteiger partial charge in [0.05, 0.1) is 4.90 Å². The predicted molar refractivity (Wildman–Crippen MR) is 115 cm³/mol. The lowest BCUT2D eigenvalue weighted by atomic mass is 9.93. The summed E-state index contributed by atoms with van der Waals surface area (Å²) in [7, 11) is -3.71. The van der Waals surface area contributed by atoms with E-state index in [0.29, 0.717) is 12.1 Å². The van der Waals surface area contributed by atoms with Crippen molar-refractivity contribution in [2.45, 2.75) is 63.4 Å². The molecule has 1 saturated carbocycles. The molecule has 0 aliphatic heterocycles. The van der Waals surface area contributed by atoms with Gasteiger partial charge in [-0.3, -0.25) is 4.79 Å². The molecule has 0 heterocycles. The maximum absolute atomic E-state index is 13.3. The fourth-order valence-corrected chi connectivity index (χ4v) is 5.01. The van der Waals surface area contributed by atoms with Gasteiger partial charge in [-0.2, -0.15) is 0 Å². The van der Waals surface area contributed by atoms with E-state index in [2.05, 4.69) is 4.72 Å². The third-order valence-corrected chi connectivity index (χ3v) is 7.07. The maximum Gasteiger partial charge on any atom is 0.254 e. The Balaban J connectivity index is 1.81. The van der Waals surface area contributed by atoms with E-state index in [1.165, 1.54) is 12.5 Å². The highest BCUT2D eigenvalue weighted by atomic mass is 32.2. The van der Waals surface area contributed by atoms with Crippen molar-refractivity contribution in [3.63, 3.8) is 0 Å². The Hall–Kier alpha value is -2.18. The summed E-state index contributed by atoms with van der Waals surface area (Å²) in [4.78, 5) is 15.3. The standard InChI is InChI=1S/C23H30N2O3S/c1-3-25(20-12-8-5-9-13-20)23(26)22-16-21(15-14-18(22)2)29(27,28)24-17-19-10-6-4-7-11-19/h4,6-7,10-11,14-16,20,24H,3,5,8-9,12-13,17H2,1-2H3. The van der Waals surface area contributed by atoms with Crippen molar-refractivity contribution in [2.75, 3.05) is 6.54 Å². The summed E-state index contributed by atoms with van der Waals surface area (Å²) < 4.78 is 28.2. The number of nitrogens with zero attached hydrogens (tertiary/aromatic N) is 1. The summed E-state index contributed by atoms with van der Waals surface area (Å²) in [6, 6.07) is 14.4. The van der Waals surface area contributed by atoms with E-state index in [-0.39, 0.29) is 23.4 Å². The minimum absolute atomic E-state index is 0.0722. The number of sulfonamides is 1. The fourth-order valence-electron chi connectivity index (χ4n) is 3.97. The third kappa shape index (κ3) is 5.25. The molecule has 0 bridgehead atoms. The van der Waals surface area contributed by atoms with Gasteiger partial charge in [-0.1, -0.05) is 55.7 Å². The third-order valence-electron chi connectivity index (χ3n) is 5.68. The molecule has 0 unspecified atom stereocenters. The van der Waals surface area contributed by atoms with Gasteiger partial charge in [-0.25, -0.2) is 13.1 Å². The van der Waals surface area contributed by atoms with Gasteiger partial charge in [-0.15, -0.1) is 0 Å². The molecular formula is C23H30N2O3S. The number of amides is 1. The molecule has 1 aliphatic rings. The van der Waals surface area contributed by atoms with E-state index in [1.807, 2.05) is 49.1 Å². The van der Waals surface area contributed by atoms with E-state index in [4.69, 9.17) is 0 Å². The summed E-state index contributed by atoms with van der Waals surface area (Å²) in [5.74, 6) is -0.0722. The molecule has 2 aromatic rings. The smallest absolute Gasteiger partial charge is 0.254 e. The van der Waals surface area contributed by atoms with Crippen LogP contribution in [-0.2, 0) is 16.6 Å². The highest BCUT2D eigenvalue weighted by Gasteiger charge is 2.27. The minimum atomic E-state index is -3.71. The summed E-state index contributed by atoms with van der Waals surface area (Å²) >= 11 is 0. The average Bonchev–Trinajstić information content (AvgIpc) is 2.74. The molecule has 2 aromatic carbocycles. The Labute approximate surface area is 174 Å². The Kier molecular flexibility index (Phi) is 7.09. The van der Waals surface area contributed by atoms with Crippen LogP contribution in [0.25, 0.3) is 0 Å². The molecule has 1 aliphatic carbocycles. The van der Waals surface area contributed by atoms with Gasteiger partial charge in [0.25, 0.3) is 5.91 Å². The van der Waals surface area contributed by atoms with Crippen molar-refractivity contribution in [3.8, 4) is 0 Å². The van der Waals surface area contributed by atoms with Crippen LogP contribution in [0.4, 0.5) is 0 Å². The number of benzene rings is 2. The zero-order valence-electron chi connectivity index (χ0n) is 17.2. The van der Waals surface area contributed by atoms with Crippen molar-refractivity contribution in [1.82, 2.24) is 9.62 Å². The first-order chi connectivity index (χ1) is 13.9. The topological polar surface area (TPSA) is 66.5 Å². The molecule has 0 saturated heterocycles. The first kappa shape index (κ1) is 21.5. The van der Waals surface area contributed by atoms with E-state index in [0.717, 1.165) is 36.8 Å². The molecule has 29 heavy (non-hydrogen) atoms. The van der Waals surface area contributed by atoms with E-state index < -0.39 is 10.0 Å². The number of rotatable bonds is 7. The van der Waals surface area contributed by atoms with Crippen LogP contribution in [0.5, 0.6) is 0 Å². The minimum Gasteiger partial charge on any atom is -0.336 e. The zero-order chi connectivity index (χ0) is 20.9. The van der Waals surface area contributed by atoms with Crippen LogP contribution in [0.3, 0.4) is 0 Å². The highest BCUT2D eigenvalue weighted by molar-refractivity contribution is 7.89. The van der Waals surface area contributed by atoms with Gasteiger partial charge < -0.3 is 4.90 Å². The van der Waals surface area contributed by atoms with Crippen LogP contribution in [-0.4, -0.2) is 31.8 Å². The Morgan fingerprint density at radius 1 is 1.07 bits per heavy atom. The second kappa shape index (κ2) is 9.55. The van der Waals surface area contributed by atoms with Crippen molar-refractivity contribution in [3.05, 3.63) is 65.2 Å². The molecular weight excluding hydrogens is 384 g/mol. The summed E-state index contributed by atoms with van der Waals surface area (Å²) in [6.07, 6.45) is 5.56. The Morgan fingerprint density at radius 3 is 2.41 bits per heavy atom. The van der Waals surface area contributed by atoms with Crippen LogP contribution in [0, 0.1) is 6.92 Å². The van der Waals surface area contributed by atoms with Gasteiger partial charge >= 0.3 is 0 Å². The van der Waals surface area contributed by atoms with Gasteiger partial charge in [-0.05, 0) is 49.9 Å². The maximum atomic E-state index is 13.3. The van der Waals surface area contributed by atoms with E-state index >= 15 is 0 Å². The molecule has 0 aromatic heterocycles. The van der Waals surface area contributed by atoms with Gasteiger partial charge in [0.2, 0.25) is 10.0 Å². The number of hydrogen-bond acceptors (Lipinski definition) is 3. The Morgan fingerprint density at radius 2 is 1.76 bits per heavy atom. The van der Waals surface area contributed by atoms with Crippen molar-refractivity contribution >= 4 is 15.9 Å². The summed E-state index contributed by atoms with van der Waals surface area (Å²) in [5.41, 5.74) is 2.15. The van der Waals surface area contributed by atoms with Crippen molar-refractivity contribution in [1.29, 1.82) is 0 Å². The monoisotopic (exact) mass is 414 g/mol. The SMILES string of the molecule is CCN(C(=O)c1cc(S(=O)(=O)NCc2ccccc2)ccc1C)C1CCCCC1. The van der Waals surface area contributed by atoms with Crippen LogP contribution in [0.2, 0.25) is 0 Å². The molecule has 0 atom stereocenters. The lowest BCUT2D eigenvalue weighted by Crippen LogP contribution is -2.41. The predicted octanol–water partition coefficient (Wildman–Crippen LogP) is 4.27. The molecule has 0 radical (unpaired) electrons. The van der Waals surface area contributed by atoms with Crippen LogP contribution in [0.1, 0.15) is 60.5 Å². The first-order valence-electron chi connectivity index (χ1n) is 10.4. The van der Waals surface area contributed by atoms with Crippen LogP contribution in [0.15, 0.2) is 53.4 Å². The lowest BCUT2D eigenvalue weighted by molar-refractivity contribution is 0.0647. The average molecular weight is 415 g/mol. The molecule has 156 valence electrons. The van der Waals surface area contributed by atoms with Gasteiger partial charge in [0, 0.05) is 24.7 Å². The molecule has 3 rings (SSSR count). The molecule has 1 N–H and O–H groups in total. The zero-order valence-corrected chi connectivity index (χ0v) is 18.0. The highest BCUT2D eigenvalue weighted by Crippen LogP contribution is 2.25. The number of hydrogen-bond donors (Lipinski definition) is 1. The Bertz CT molecular complexity index is 936. The molecule has 6 heteroatoms. The fraction of sp³-hybridized carbons (Fsp3) is 0.435. The lowest BCUT2D eigenvalue weighted by Gasteiger charge is -2.34. The van der Waals surface area contributed by atoms with Crippen molar-refractivity contribution < 1.29 is 13.2 Å². The normalized spacial score (nSPS) is 15.2. The second-order valence-electron chi connectivity index (χ2n) is 7.67. The molecule has 1 fully saturated rings. The number of aryl methyl sites for hydroxylation is 1. The quantitative estimate of drug-likeness (QED) is 0.736. The molecule has 5 nitrogen and oxygen atoms in total. The van der Waals surface area contributed by atoms with E-state index in [1.54, 1.807) is 12.1 Å². The van der Waals surface area contributed by atoms with Crippen molar-refractivity contribution in [2.24, 2.45) is 0 Å². The van der Waals surface area contributed by atoms with Gasteiger partial charge in [0.15, 0.2) is 0 Å². The van der Waals surface area contributed by atoms with E-state index in [9.17, 15) is 13.2 Å².